The maximum atomic E-state index is 14.7. The molecule has 0 spiro atoms. The second-order valence-electron chi connectivity index (χ2n) is 8.37. The highest BCUT2D eigenvalue weighted by atomic mass is 19.4. The maximum absolute atomic E-state index is 14.7. The zero-order chi connectivity index (χ0) is 28.4. The SMILES string of the molecule is CCCC(C)c1ccc(C(F)(F)Oc2cc(F)c(-c3cc(F)c(C#CC(F)(F)F)c(F)c3)c(F)c2)c(F)c1. The summed E-state index contributed by atoms with van der Waals surface area (Å²) in [5.74, 6) is -7.01. The van der Waals surface area contributed by atoms with Crippen molar-refractivity contribution in [3.8, 4) is 28.7 Å². The van der Waals surface area contributed by atoms with Crippen LogP contribution in [0.15, 0.2) is 42.5 Å². The molecule has 0 N–H and O–H groups in total. The second-order valence-corrected chi connectivity index (χ2v) is 8.37. The van der Waals surface area contributed by atoms with Crippen LogP contribution in [0, 0.1) is 40.9 Å². The lowest BCUT2D eigenvalue weighted by atomic mass is 9.95. The van der Waals surface area contributed by atoms with E-state index in [-0.39, 0.29) is 18.1 Å². The maximum Gasteiger partial charge on any atom is 0.458 e. The van der Waals surface area contributed by atoms with Crippen LogP contribution in [0.2, 0.25) is 0 Å². The summed E-state index contributed by atoms with van der Waals surface area (Å²) in [7, 11) is 0. The third kappa shape index (κ3) is 6.60. The molecule has 0 saturated carbocycles. The number of ether oxygens (including phenoxy) is 1. The highest BCUT2D eigenvalue weighted by molar-refractivity contribution is 5.67. The minimum absolute atomic E-state index is 0.103. The summed E-state index contributed by atoms with van der Waals surface area (Å²) >= 11 is 0. The Balaban J connectivity index is 1.93. The zero-order valence-corrected chi connectivity index (χ0v) is 19.7. The average Bonchev–Trinajstić information content (AvgIpc) is 2.77. The Morgan fingerprint density at radius 3 is 1.87 bits per heavy atom. The molecule has 202 valence electrons. The fourth-order valence-electron chi connectivity index (χ4n) is 3.73. The molecule has 3 aromatic rings. The highest BCUT2D eigenvalue weighted by Gasteiger charge is 2.38. The number of benzene rings is 3. The summed E-state index contributed by atoms with van der Waals surface area (Å²) in [6, 6.07) is 4.24. The van der Waals surface area contributed by atoms with Crippen LogP contribution >= 0.6 is 0 Å². The standard InChI is InChI=1S/C27H18F10O/c1-3-4-14(2)15-5-6-19(22(30)9-15)27(36,37)38-17-12-23(31)25(24(32)13-17)16-10-20(28)18(21(29)11-16)7-8-26(33,34)35/h5-6,9-14H,3-4H2,1-2H3. The molecule has 11 heteroatoms. The molecule has 0 aliphatic carbocycles. The molecule has 0 fully saturated rings. The fourth-order valence-corrected chi connectivity index (χ4v) is 3.73. The van der Waals surface area contributed by atoms with E-state index in [9.17, 15) is 43.9 Å². The number of rotatable bonds is 7. The monoisotopic (exact) mass is 548 g/mol. The first-order chi connectivity index (χ1) is 17.6. The largest absolute Gasteiger partial charge is 0.458 e. The second kappa shape index (κ2) is 11.0. The molecule has 3 aromatic carbocycles. The molecule has 0 aliphatic heterocycles. The molecule has 0 aliphatic rings. The van der Waals surface area contributed by atoms with Crippen molar-refractivity contribution >= 4 is 0 Å². The van der Waals surface area contributed by atoms with Crippen LogP contribution in [0.1, 0.15) is 49.3 Å². The molecule has 0 bridgehead atoms. The van der Waals surface area contributed by atoms with Crippen LogP contribution < -0.4 is 4.74 Å². The Morgan fingerprint density at radius 2 is 1.37 bits per heavy atom. The lowest BCUT2D eigenvalue weighted by Gasteiger charge is -2.20. The van der Waals surface area contributed by atoms with Gasteiger partial charge in [0, 0.05) is 18.1 Å². The molecule has 0 amide bonds. The van der Waals surface area contributed by atoms with E-state index >= 15 is 0 Å². The van der Waals surface area contributed by atoms with Gasteiger partial charge in [-0.25, -0.2) is 22.0 Å². The van der Waals surface area contributed by atoms with E-state index in [0.717, 1.165) is 18.6 Å². The summed E-state index contributed by atoms with van der Waals surface area (Å²) in [5.41, 5.74) is -3.86. The third-order valence-corrected chi connectivity index (χ3v) is 5.52. The first-order valence-electron chi connectivity index (χ1n) is 11.1. The molecule has 0 radical (unpaired) electrons. The van der Waals surface area contributed by atoms with Crippen molar-refractivity contribution in [2.75, 3.05) is 0 Å². The van der Waals surface area contributed by atoms with Crippen LogP contribution in [-0.4, -0.2) is 6.18 Å². The number of hydrogen-bond acceptors (Lipinski definition) is 1. The highest BCUT2D eigenvalue weighted by Crippen LogP contribution is 2.38. The van der Waals surface area contributed by atoms with Crippen molar-refractivity contribution in [2.24, 2.45) is 0 Å². The first kappa shape index (κ1) is 28.9. The molecule has 38 heavy (non-hydrogen) atoms. The van der Waals surface area contributed by atoms with E-state index in [1.165, 1.54) is 12.0 Å². The Kier molecular flexibility index (Phi) is 8.34. The predicted octanol–water partition coefficient (Wildman–Crippen LogP) is 8.99. The number of alkyl halides is 5. The Morgan fingerprint density at radius 1 is 0.789 bits per heavy atom. The van der Waals surface area contributed by atoms with Crippen molar-refractivity contribution in [3.63, 3.8) is 0 Å². The summed E-state index contributed by atoms with van der Waals surface area (Å²) in [6.45, 7) is 3.70. The van der Waals surface area contributed by atoms with E-state index in [4.69, 9.17) is 0 Å². The van der Waals surface area contributed by atoms with Gasteiger partial charge in [0.15, 0.2) is 0 Å². The van der Waals surface area contributed by atoms with Gasteiger partial charge in [0.05, 0.1) is 16.7 Å². The van der Waals surface area contributed by atoms with Gasteiger partial charge in [0.2, 0.25) is 0 Å². The minimum atomic E-state index is -5.05. The lowest BCUT2D eigenvalue weighted by Crippen LogP contribution is -2.24. The third-order valence-electron chi connectivity index (χ3n) is 5.52. The fraction of sp³-hybridized carbons (Fsp3) is 0.259. The van der Waals surface area contributed by atoms with Gasteiger partial charge in [-0.3, -0.25) is 0 Å². The molecule has 1 nitrogen and oxygen atoms in total. The summed E-state index contributed by atoms with van der Waals surface area (Å²) in [6.07, 6.45) is -7.93. The topological polar surface area (TPSA) is 9.23 Å². The molecule has 3 rings (SSSR count). The average molecular weight is 548 g/mol. The van der Waals surface area contributed by atoms with Crippen LogP contribution in [0.3, 0.4) is 0 Å². The molecule has 0 aromatic heterocycles. The normalized spacial score (nSPS) is 12.6. The Hall–Kier alpha value is -3.68. The summed E-state index contributed by atoms with van der Waals surface area (Å²) in [4.78, 5) is 0. The first-order valence-corrected chi connectivity index (χ1v) is 11.1. The Bertz CT molecular complexity index is 1350. The van der Waals surface area contributed by atoms with Gasteiger partial charge < -0.3 is 4.74 Å². The van der Waals surface area contributed by atoms with Crippen molar-refractivity contribution in [1.29, 1.82) is 0 Å². The van der Waals surface area contributed by atoms with Crippen molar-refractivity contribution in [3.05, 3.63) is 88.2 Å². The molecule has 0 saturated heterocycles. The van der Waals surface area contributed by atoms with Crippen molar-refractivity contribution in [1.82, 2.24) is 0 Å². The Labute approximate surface area is 211 Å². The van der Waals surface area contributed by atoms with Gasteiger partial charge in [0.25, 0.3) is 0 Å². The van der Waals surface area contributed by atoms with Gasteiger partial charge >= 0.3 is 12.3 Å². The van der Waals surface area contributed by atoms with Crippen LogP contribution in [0.25, 0.3) is 11.1 Å². The predicted molar refractivity (Wildman–Crippen MR) is 119 cm³/mol. The molecular formula is C27H18F10O. The smallest absolute Gasteiger partial charge is 0.429 e. The van der Waals surface area contributed by atoms with Crippen molar-refractivity contribution < 1.29 is 48.6 Å². The lowest BCUT2D eigenvalue weighted by molar-refractivity contribution is -0.187. The van der Waals surface area contributed by atoms with E-state index in [2.05, 4.69) is 4.74 Å². The summed E-state index contributed by atoms with van der Waals surface area (Å²) < 4.78 is 143. The van der Waals surface area contributed by atoms with Gasteiger partial charge in [-0.05, 0) is 47.7 Å². The van der Waals surface area contributed by atoms with Gasteiger partial charge in [-0.2, -0.15) is 22.0 Å². The minimum Gasteiger partial charge on any atom is -0.429 e. The summed E-state index contributed by atoms with van der Waals surface area (Å²) in [5, 5.41) is 0. The van der Waals surface area contributed by atoms with Gasteiger partial charge in [-0.15, -0.1) is 0 Å². The van der Waals surface area contributed by atoms with E-state index in [1.54, 1.807) is 6.92 Å². The van der Waals surface area contributed by atoms with Crippen LogP contribution in [0.5, 0.6) is 5.75 Å². The van der Waals surface area contributed by atoms with E-state index in [0.29, 0.717) is 30.0 Å². The molecular weight excluding hydrogens is 530 g/mol. The van der Waals surface area contributed by atoms with Crippen LogP contribution in [-0.2, 0) is 6.11 Å². The van der Waals surface area contributed by atoms with Crippen LogP contribution in [0.4, 0.5) is 43.9 Å². The number of halogens is 10. The quantitative estimate of drug-likeness (QED) is 0.212. The van der Waals surface area contributed by atoms with Gasteiger partial charge in [-0.1, -0.05) is 32.3 Å². The molecule has 1 atom stereocenters. The van der Waals surface area contributed by atoms with E-state index < -0.39 is 69.4 Å². The van der Waals surface area contributed by atoms with Gasteiger partial charge in [0.1, 0.15) is 34.8 Å². The zero-order valence-electron chi connectivity index (χ0n) is 19.7. The molecule has 1 unspecified atom stereocenters. The van der Waals surface area contributed by atoms with E-state index in [1.807, 2.05) is 6.92 Å². The number of hydrogen-bond donors (Lipinski definition) is 0. The molecule has 0 heterocycles. The van der Waals surface area contributed by atoms with Crippen molar-refractivity contribution in [2.45, 2.75) is 44.9 Å².